The van der Waals surface area contributed by atoms with Crippen molar-refractivity contribution in [3.8, 4) is 6.07 Å². The molecule has 0 radical (unpaired) electrons. The van der Waals surface area contributed by atoms with Crippen molar-refractivity contribution in [2.45, 2.75) is 23.1 Å². The van der Waals surface area contributed by atoms with Crippen molar-refractivity contribution in [2.75, 3.05) is 0 Å². The van der Waals surface area contributed by atoms with Gasteiger partial charge in [0.2, 0.25) is 0 Å². The van der Waals surface area contributed by atoms with E-state index in [9.17, 15) is 0 Å². The summed E-state index contributed by atoms with van der Waals surface area (Å²) in [6.45, 7) is 2.05. The van der Waals surface area contributed by atoms with E-state index in [1.165, 1.54) is 0 Å². The van der Waals surface area contributed by atoms with Crippen LogP contribution in [0.5, 0.6) is 0 Å². The number of imidazole rings is 1. The molecular formula is C13H13N3S. The standard InChI is InChI=1S/C13H13N3S/c1-13(7-8-14,16-10-9-15-11-16)17-12-5-3-2-4-6-12/h2-6,9-11H,7H2,1H3. The number of hydrogen-bond donors (Lipinski definition) is 0. The number of nitriles is 1. The number of hydrogen-bond acceptors (Lipinski definition) is 3. The normalized spacial score (nSPS) is 13.9. The summed E-state index contributed by atoms with van der Waals surface area (Å²) in [5.74, 6) is 0. The molecule has 1 atom stereocenters. The topological polar surface area (TPSA) is 41.6 Å². The average Bonchev–Trinajstić information content (AvgIpc) is 2.84. The molecule has 3 nitrogen and oxygen atoms in total. The van der Waals surface area contributed by atoms with Gasteiger partial charge in [0.15, 0.2) is 0 Å². The van der Waals surface area contributed by atoms with Crippen molar-refractivity contribution in [1.82, 2.24) is 9.55 Å². The molecule has 2 aromatic rings. The number of benzene rings is 1. The molecule has 4 heteroatoms. The minimum atomic E-state index is -0.313. The summed E-state index contributed by atoms with van der Waals surface area (Å²) >= 11 is 1.67. The second kappa shape index (κ2) is 5.07. The van der Waals surface area contributed by atoms with Crippen LogP contribution in [-0.2, 0) is 4.87 Å². The summed E-state index contributed by atoms with van der Waals surface area (Å²) in [5.41, 5.74) is 0. The van der Waals surface area contributed by atoms with Crippen LogP contribution in [0.25, 0.3) is 0 Å². The van der Waals surface area contributed by atoms with Gasteiger partial charge in [-0.25, -0.2) is 4.98 Å². The van der Waals surface area contributed by atoms with Crippen LogP contribution in [0.3, 0.4) is 0 Å². The highest BCUT2D eigenvalue weighted by molar-refractivity contribution is 8.00. The Morgan fingerprint density at radius 1 is 1.41 bits per heavy atom. The molecule has 1 aromatic heterocycles. The van der Waals surface area contributed by atoms with Crippen LogP contribution < -0.4 is 0 Å². The first-order valence-corrected chi connectivity index (χ1v) is 6.16. The van der Waals surface area contributed by atoms with Crippen LogP contribution in [0.15, 0.2) is 53.9 Å². The highest BCUT2D eigenvalue weighted by Crippen LogP contribution is 2.39. The van der Waals surface area contributed by atoms with E-state index in [2.05, 4.69) is 30.1 Å². The Kier molecular flexibility index (Phi) is 3.50. The van der Waals surface area contributed by atoms with Gasteiger partial charge >= 0.3 is 0 Å². The van der Waals surface area contributed by atoms with Crippen LogP contribution >= 0.6 is 11.8 Å². The van der Waals surface area contributed by atoms with Gasteiger partial charge < -0.3 is 4.57 Å². The zero-order valence-corrected chi connectivity index (χ0v) is 10.4. The largest absolute Gasteiger partial charge is 0.321 e. The highest BCUT2D eigenvalue weighted by Gasteiger charge is 2.27. The lowest BCUT2D eigenvalue weighted by molar-refractivity contribution is 0.497. The molecule has 0 aliphatic rings. The molecule has 0 saturated heterocycles. The van der Waals surface area contributed by atoms with E-state index in [0.717, 1.165) is 4.90 Å². The average molecular weight is 243 g/mol. The van der Waals surface area contributed by atoms with Crippen LogP contribution in [0.1, 0.15) is 13.3 Å². The molecule has 0 fully saturated rings. The van der Waals surface area contributed by atoms with E-state index in [-0.39, 0.29) is 4.87 Å². The first-order chi connectivity index (χ1) is 8.24. The van der Waals surface area contributed by atoms with Gasteiger partial charge in [-0.3, -0.25) is 0 Å². The number of rotatable bonds is 4. The van der Waals surface area contributed by atoms with E-state index < -0.39 is 0 Å². The fourth-order valence-electron chi connectivity index (χ4n) is 1.61. The molecule has 0 bridgehead atoms. The molecular weight excluding hydrogens is 230 g/mol. The van der Waals surface area contributed by atoms with E-state index in [1.54, 1.807) is 24.3 Å². The SMILES string of the molecule is CC(CC#N)(Sc1ccccc1)n1ccnc1. The molecule has 0 saturated carbocycles. The van der Waals surface area contributed by atoms with Gasteiger partial charge in [-0.1, -0.05) is 30.0 Å². The molecule has 86 valence electrons. The molecule has 0 aliphatic heterocycles. The van der Waals surface area contributed by atoms with Gasteiger partial charge in [-0.15, -0.1) is 0 Å². The third kappa shape index (κ3) is 2.69. The van der Waals surface area contributed by atoms with Gasteiger partial charge in [0.1, 0.15) is 4.87 Å². The Balaban J connectivity index is 2.27. The molecule has 1 heterocycles. The number of thioether (sulfide) groups is 1. The third-order valence-corrected chi connectivity index (χ3v) is 3.84. The number of aromatic nitrogens is 2. The van der Waals surface area contributed by atoms with Gasteiger partial charge in [-0.2, -0.15) is 5.26 Å². The lowest BCUT2D eigenvalue weighted by Gasteiger charge is -2.27. The Morgan fingerprint density at radius 2 is 2.18 bits per heavy atom. The second-order valence-corrected chi connectivity index (χ2v) is 5.45. The first kappa shape index (κ1) is 11.7. The summed E-state index contributed by atoms with van der Waals surface area (Å²) in [7, 11) is 0. The van der Waals surface area contributed by atoms with E-state index >= 15 is 0 Å². The van der Waals surface area contributed by atoms with Crippen molar-refractivity contribution in [1.29, 1.82) is 5.26 Å². The Bertz CT molecular complexity index is 501. The molecule has 0 amide bonds. The predicted octanol–water partition coefficient (Wildman–Crippen LogP) is 3.26. The maximum Gasteiger partial charge on any atom is 0.106 e. The Labute approximate surface area is 105 Å². The van der Waals surface area contributed by atoms with Crippen molar-refractivity contribution in [2.24, 2.45) is 0 Å². The predicted molar refractivity (Wildman–Crippen MR) is 68.4 cm³/mol. The molecule has 0 spiro atoms. The fraction of sp³-hybridized carbons (Fsp3) is 0.231. The molecule has 0 aliphatic carbocycles. The third-order valence-electron chi connectivity index (χ3n) is 2.54. The summed E-state index contributed by atoms with van der Waals surface area (Å²) in [6, 6.07) is 12.3. The minimum Gasteiger partial charge on any atom is -0.321 e. The molecule has 0 N–H and O–H groups in total. The Hall–Kier alpha value is -1.73. The monoisotopic (exact) mass is 243 g/mol. The first-order valence-electron chi connectivity index (χ1n) is 5.34. The zero-order valence-electron chi connectivity index (χ0n) is 9.58. The number of nitrogens with zero attached hydrogens (tertiary/aromatic N) is 3. The summed E-state index contributed by atoms with van der Waals surface area (Å²) in [4.78, 5) is 4.89. The van der Waals surface area contributed by atoms with Gasteiger partial charge in [-0.05, 0) is 19.1 Å². The van der Waals surface area contributed by atoms with Crippen LogP contribution in [0.4, 0.5) is 0 Å². The highest BCUT2D eigenvalue weighted by atomic mass is 32.2. The fourth-order valence-corrected chi connectivity index (χ4v) is 2.76. The van der Waals surface area contributed by atoms with Crippen LogP contribution in [0.2, 0.25) is 0 Å². The molecule has 1 unspecified atom stereocenters. The van der Waals surface area contributed by atoms with E-state index in [0.29, 0.717) is 6.42 Å². The maximum absolute atomic E-state index is 8.98. The zero-order chi connectivity index (χ0) is 12.1. The van der Waals surface area contributed by atoms with Crippen LogP contribution in [-0.4, -0.2) is 9.55 Å². The van der Waals surface area contributed by atoms with Gasteiger partial charge in [0.05, 0.1) is 18.8 Å². The van der Waals surface area contributed by atoms with Gasteiger partial charge in [0, 0.05) is 17.3 Å². The lowest BCUT2D eigenvalue weighted by atomic mass is 10.2. The molecule has 1 aromatic carbocycles. The van der Waals surface area contributed by atoms with E-state index in [1.807, 2.05) is 29.0 Å². The minimum absolute atomic E-state index is 0.313. The summed E-state index contributed by atoms with van der Waals surface area (Å²) < 4.78 is 1.98. The van der Waals surface area contributed by atoms with Crippen molar-refractivity contribution in [3.05, 3.63) is 49.1 Å². The summed E-state index contributed by atoms with van der Waals surface area (Å²) in [5, 5.41) is 8.98. The second-order valence-electron chi connectivity index (χ2n) is 3.89. The van der Waals surface area contributed by atoms with Crippen LogP contribution in [0, 0.1) is 11.3 Å². The van der Waals surface area contributed by atoms with Crippen molar-refractivity contribution < 1.29 is 0 Å². The molecule has 2 rings (SSSR count). The Morgan fingerprint density at radius 3 is 2.76 bits per heavy atom. The quantitative estimate of drug-likeness (QED) is 0.774. The summed E-state index contributed by atoms with van der Waals surface area (Å²) in [6.07, 6.45) is 5.82. The molecule has 17 heavy (non-hydrogen) atoms. The lowest BCUT2D eigenvalue weighted by Crippen LogP contribution is -2.24. The van der Waals surface area contributed by atoms with E-state index in [4.69, 9.17) is 5.26 Å². The van der Waals surface area contributed by atoms with Gasteiger partial charge in [0.25, 0.3) is 0 Å². The van der Waals surface area contributed by atoms with Crippen molar-refractivity contribution >= 4 is 11.8 Å². The van der Waals surface area contributed by atoms with Crippen molar-refractivity contribution in [3.63, 3.8) is 0 Å². The maximum atomic E-state index is 8.98. The smallest absolute Gasteiger partial charge is 0.106 e.